The van der Waals surface area contributed by atoms with E-state index in [1.165, 1.54) is 0 Å². The summed E-state index contributed by atoms with van der Waals surface area (Å²) >= 11 is 0. The molecule has 0 aromatic heterocycles. The van der Waals surface area contributed by atoms with Crippen LogP contribution in [0, 0.1) is 0 Å². The van der Waals surface area contributed by atoms with Gasteiger partial charge in [-0.25, -0.2) is 0 Å². The zero-order valence-electron chi connectivity index (χ0n) is 10.5. The van der Waals surface area contributed by atoms with Crippen molar-refractivity contribution in [2.75, 3.05) is 12.9 Å². The van der Waals surface area contributed by atoms with Gasteiger partial charge < -0.3 is 10.5 Å². The second kappa shape index (κ2) is 7.45. The molecule has 0 saturated heterocycles. The highest BCUT2D eigenvalue weighted by Crippen LogP contribution is 2.15. The fourth-order valence-electron chi connectivity index (χ4n) is 1.53. The summed E-state index contributed by atoms with van der Waals surface area (Å²) in [7, 11) is 0.700. The van der Waals surface area contributed by atoms with Crippen molar-refractivity contribution in [1.29, 1.82) is 0 Å². The number of rotatable bonds is 7. The summed E-state index contributed by atoms with van der Waals surface area (Å²) in [6, 6.07) is 7.63. The highest BCUT2D eigenvalue weighted by molar-refractivity contribution is 7.85. The van der Waals surface area contributed by atoms with Gasteiger partial charge in [0.1, 0.15) is 5.75 Å². The lowest BCUT2D eigenvalue weighted by atomic mass is 10.1. The molecule has 1 aromatic carbocycles. The standard InChI is InChI=1S/C13H21NO2S/c1-3-11(14)5-4-10-17(15)13-8-6-12(16-2)7-9-13/h6-9,11H,3-5,10,14H2,1-2H3. The molecule has 1 aromatic rings. The number of nitrogens with two attached hydrogens (primary N) is 1. The Labute approximate surface area is 106 Å². The molecule has 0 spiro atoms. The Morgan fingerprint density at radius 3 is 2.53 bits per heavy atom. The lowest BCUT2D eigenvalue weighted by Gasteiger charge is -2.08. The Morgan fingerprint density at radius 2 is 2.00 bits per heavy atom. The lowest BCUT2D eigenvalue weighted by Crippen LogP contribution is -2.19. The van der Waals surface area contributed by atoms with Gasteiger partial charge in [0.25, 0.3) is 0 Å². The van der Waals surface area contributed by atoms with Gasteiger partial charge in [0.2, 0.25) is 0 Å². The van der Waals surface area contributed by atoms with Crippen LogP contribution in [0.4, 0.5) is 0 Å². The average molecular weight is 255 g/mol. The predicted octanol–water partition coefficient (Wildman–Crippen LogP) is 2.32. The van der Waals surface area contributed by atoms with Gasteiger partial charge in [0, 0.05) is 16.7 Å². The molecule has 0 heterocycles. The van der Waals surface area contributed by atoms with Crippen molar-refractivity contribution in [1.82, 2.24) is 0 Å². The van der Waals surface area contributed by atoms with E-state index in [1.807, 2.05) is 24.3 Å². The Morgan fingerprint density at radius 1 is 1.35 bits per heavy atom. The molecule has 0 amide bonds. The second-order valence-corrected chi connectivity index (χ2v) is 5.61. The maximum atomic E-state index is 11.9. The van der Waals surface area contributed by atoms with Crippen molar-refractivity contribution >= 4 is 10.8 Å². The number of hydrogen-bond acceptors (Lipinski definition) is 3. The molecule has 2 unspecified atom stereocenters. The van der Waals surface area contributed by atoms with E-state index in [0.29, 0.717) is 5.75 Å². The highest BCUT2D eigenvalue weighted by atomic mass is 32.2. The summed E-state index contributed by atoms with van der Waals surface area (Å²) in [4.78, 5) is 0.857. The molecule has 2 atom stereocenters. The minimum absolute atomic E-state index is 0.239. The van der Waals surface area contributed by atoms with Gasteiger partial charge in [-0.15, -0.1) is 0 Å². The molecule has 0 aliphatic carbocycles. The molecule has 1 rings (SSSR count). The third-order valence-electron chi connectivity index (χ3n) is 2.75. The first-order valence-electron chi connectivity index (χ1n) is 5.95. The van der Waals surface area contributed by atoms with E-state index in [2.05, 4.69) is 6.92 Å². The molecular weight excluding hydrogens is 234 g/mol. The maximum Gasteiger partial charge on any atom is 0.118 e. The topological polar surface area (TPSA) is 52.3 Å². The van der Waals surface area contributed by atoms with Crippen molar-refractivity contribution in [3.8, 4) is 5.75 Å². The predicted molar refractivity (Wildman–Crippen MR) is 71.8 cm³/mol. The minimum atomic E-state index is -0.923. The van der Waals surface area contributed by atoms with Gasteiger partial charge in [0.15, 0.2) is 0 Å². The van der Waals surface area contributed by atoms with Crippen molar-refractivity contribution < 1.29 is 8.95 Å². The SMILES string of the molecule is CCC(N)CCCS(=O)c1ccc(OC)cc1. The first-order valence-corrected chi connectivity index (χ1v) is 7.27. The summed E-state index contributed by atoms with van der Waals surface area (Å²) in [6.45, 7) is 2.07. The van der Waals surface area contributed by atoms with Crippen LogP contribution in [-0.4, -0.2) is 23.1 Å². The molecule has 4 heteroatoms. The molecular formula is C13H21NO2S. The molecule has 0 aliphatic heterocycles. The summed E-state index contributed by atoms with van der Waals surface area (Å²) in [5.41, 5.74) is 5.82. The minimum Gasteiger partial charge on any atom is -0.497 e. The van der Waals surface area contributed by atoms with E-state index in [-0.39, 0.29) is 6.04 Å². The van der Waals surface area contributed by atoms with Crippen LogP contribution in [0.25, 0.3) is 0 Å². The molecule has 0 bridgehead atoms. The highest BCUT2D eigenvalue weighted by Gasteiger charge is 2.05. The quantitative estimate of drug-likeness (QED) is 0.813. The molecule has 96 valence electrons. The monoisotopic (exact) mass is 255 g/mol. The molecule has 0 radical (unpaired) electrons. The van der Waals surface area contributed by atoms with Crippen LogP contribution in [-0.2, 0) is 10.8 Å². The number of benzene rings is 1. The summed E-state index contributed by atoms with van der Waals surface area (Å²) < 4.78 is 17.0. The van der Waals surface area contributed by atoms with E-state index in [4.69, 9.17) is 10.5 Å². The van der Waals surface area contributed by atoms with Crippen LogP contribution in [0.1, 0.15) is 26.2 Å². The summed E-state index contributed by atoms with van der Waals surface area (Å²) in [5, 5.41) is 0. The van der Waals surface area contributed by atoms with Crippen LogP contribution in [0.2, 0.25) is 0 Å². The van der Waals surface area contributed by atoms with Gasteiger partial charge in [0.05, 0.1) is 17.9 Å². The van der Waals surface area contributed by atoms with E-state index in [9.17, 15) is 4.21 Å². The number of methoxy groups -OCH3 is 1. The largest absolute Gasteiger partial charge is 0.497 e. The van der Waals surface area contributed by atoms with Crippen LogP contribution < -0.4 is 10.5 Å². The van der Waals surface area contributed by atoms with Gasteiger partial charge >= 0.3 is 0 Å². The third kappa shape index (κ3) is 4.88. The number of hydrogen-bond donors (Lipinski definition) is 1. The smallest absolute Gasteiger partial charge is 0.118 e. The summed E-state index contributed by atoms with van der Waals surface area (Å²) in [5.74, 6) is 1.47. The summed E-state index contributed by atoms with van der Waals surface area (Å²) in [6.07, 6.45) is 2.83. The number of ether oxygens (including phenoxy) is 1. The van der Waals surface area contributed by atoms with Gasteiger partial charge in [-0.1, -0.05) is 6.92 Å². The van der Waals surface area contributed by atoms with Crippen molar-refractivity contribution in [3.63, 3.8) is 0 Å². The van der Waals surface area contributed by atoms with E-state index >= 15 is 0 Å². The molecule has 0 fully saturated rings. The van der Waals surface area contributed by atoms with Crippen LogP contribution in [0.3, 0.4) is 0 Å². The van der Waals surface area contributed by atoms with Crippen molar-refractivity contribution in [2.24, 2.45) is 5.73 Å². The van der Waals surface area contributed by atoms with Crippen molar-refractivity contribution in [3.05, 3.63) is 24.3 Å². The average Bonchev–Trinajstić information content (AvgIpc) is 2.38. The fraction of sp³-hybridized carbons (Fsp3) is 0.538. The van der Waals surface area contributed by atoms with Gasteiger partial charge in [-0.3, -0.25) is 4.21 Å². The van der Waals surface area contributed by atoms with E-state index in [0.717, 1.165) is 29.9 Å². The van der Waals surface area contributed by atoms with Gasteiger partial charge in [-0.05, 0) is 43.5 Å². The van der Waals surface area contributed by atoms with E-state index in [1.54, 1.807) is 7.11 Å². The van der Waals surface area contributed by atoms with Crippen LogP contribution in [0.15, 0.2) is 29.2 Å². The molecule has 0 saturated carbocycles. The first-order chi connectivity index (χ1) is 8.17. The first kappa shape index (κ1) is 14.2. The fourth-order valence-corrected chi connectivity index (χ4v) is 2.63. The molecule has 17 heavy (non-hydrogen) atoms. The molecule has 3 nitrogen and oxygen atoms in total. The Hall–Kier alpha value is -0.870. The molecule has 0 aliphatic rings. The molecule has 2 N–H and O–H groups in total. The third-order valence-corrected chi connectivity index (χ3v) is 4.21. The Bertz CT molecular complexity index is 351. The van der Waals surface area contributed by atoms with Crippen LogP contribution >= 0.6 is 0 Å². The zero-order valence-corrected chi connectivity index (χ0v) is 11.3. The Kier molecular flexibility index (Phi) is 6.22. The second-order valence-electron chi connectivity index (χ2n) is 4.04. The Balaban J connectivity index is 2.41. The van der Waals surface area contributed by atoms with E-state index < -0.39 is 10.8 Å². The maximum absolute atomic E-state index is 11.9. The van der Waals surface area contributed by atoms with Crippen LogP contribution in [0.5, 0.6) is 5.75 Å². The normalized spacial score (nSPS) is 14.3. The zero-order chi connectivity index (χ0) is 12.7. The lowest BCUT2D eigenvalue weighted by molar-refractivity contribution is 0.414. The van der Waals surface area contributed by atoms with Crippen molar-refractivity contribution in [2.45, 2.75) is 37.1 Å². The van der Waals surface area contributed by atoms with Gasteiger partial charge in [-0.2, -0.15) is 0 Å².